The van der Waals surface area contributed by atoms with Crippen molar-refractivity contribution in [1.29, 1.82) is 0 Å². The first-order valence-electron chi connectivity index (χ1n) is 7.57. The summed E-state index contributed by atoms with van der Waals surface area (Å²) in [6, 6.07) is 9.42. The number of primary amides is 1. The number of rotatable bonds is 6. The molecule has 26 heavy (non-hydrogen) atoms. The number of sulfone groups is 1. The van der Waals surface area contributed by atoms with Crippen LogP contribution in [0.1, 0.15) is 31.3 Å². The first-order chi connectivity index (χ1) is 12.3. The molecule has 3 N–H and O–H groups in total. The van der Waals surface area contributed by atoms with Crippen molar-refractivity contribution in [1.82, 2.24) is 10.2 Å². The predicted molar refractivity (Wildman–Crippen MR) is 96.1 cm³/mol. The Labute approximate surface area is 153 Å². The fraction of sp³-hybridized carbons (Fsp3) is 0.118. The van der Waals surface area contributed by atoms with Gasteiger partial charge in [0.1, 0.15) is 9.90 Å². The maximum Gasteiger partial charge on any atom is 0.250 e. The average Bonchev–Trinajstić information content (AvgIpc) is 3.24. The smallest absolute Gasteiger partial charge is 0.250 e. The van der Waals surface area contributed by atoms with Crippen LogP contribution in [-0.2, 0) is 16.3 Å². The van der Waals surface area contributed by atoms with Gasteiger partial charge in [0.25, 0.3) is 0 Å². The number of ketones is 1. The number of Topliss-reactive ketones (excluding diaryl/α,β-unsaturated/α-hetero) is 1. The fourth-order valence-corrected chi connectivity index (χ4v) is 5.91. The Hall–Kier alpha value is -2.78. The molecule has 1 aromatic carbocycles. The molecule has 0 fully saturated rings. The third-order valence-corrected chi connectivity index (χ3v) is 7.52. The number of benzene rings is 1. The zero-order valence-electron chi connectivity index (χ0n) is 13.7. The molecule has 0 saturated heterocycles. The number of aromatic amines is 1. The lowest BCUT2D eigenvalue weighted by Crippen LogP contribution is -2.15. The molecule has 2 heterocycles. The highest BCUT2D eigenvalue weighted by Crippen LogP contribution is 2.35. The van der Waals surface area contributed by atoms with E-state index in [0.717, 1.165) is 11.3 Å². The maximum absolute atomic E-state index is 12.9. The third kappa shape index (κ3) is 3.18. The monoisotopic (exact) mass is 389 g/mol. The minimum Gasteiger partial charge on any atom is -0.366 e. The van der Waals surface area contributed by atoms with Gasteiger partial charge < -0.3 is 5.73 Å². The molecule has 3 aromatic rings. The van der Waals surface area contributed by atoms with E-state index in [4.69, 9.17) is 5.73 Å². The molecular weight excluding hydrogens is 374 g/mol. The minimum absolute atomic E-state index is 0.0184. The zero-order valence-corrected chi connectivity index (χ0v) is 15.4. The molecule has 2 aromatic heterocycles. The van der Waals surface area contributed by atoms with Gasteiger partial charge in [0.2, 0.25) is 15.7 Å². The Morgan fingerprint density at radius 3 is 2.46 bits per heavy atom. The van der Waals surface area contributed by atoms with Crippen molar-refractivity contribution in [3.63, 3.8) is 0 Å². The second kappa shape index (κ2) is 6.85. The summed E-state index contributed by atoms with van der Waals surface area (Å²) in [6.07, 6.45) is 1.30. The Morgan fingerprint density at radius 2 is 1.88 bits per heavy atom. The number of amides is 1. The molecular formula is C17H15N3O4S2. The Bertz CT molecular complexity index is 1070. The Kier molecular flexibility index (Phi) is 4.75. The SMILES string of the molecule is Cc1c(S(=O)(=O)c2ccccc2)sc(CC(=O)c2ccn[nH]2)c1C(N)=O. The van der Waals surface area contributed by atoms with Gasteiger partial charge in [0.15, 0.2) is 5.78 Å². The highest BCUT2D eigenvalue weighted by molar-refractivity contribution is 7.93. The number of thiophene rings is 1. The van der Waals surface area contributed by atoms with Crippen LogP contribution in [0.5, 0.6) is 0 Å². The number of carbonyl (C=O) groups is 2. The van der Waals surface area contributed by atoms with Crippen molar-refractivity contribution in [2.75, 3.05) is 0 Å². The van der Waals surface area contributed by atoms with E-state index >= 15 is 0 Å². The summed E-state index contributed by atoms with van der Waals surface area (Å²) in [5, 5.41) is 6.27. The van der Waals surface area contributed by atoms with Crippen molar-refractivity contribution >= 4 is 32.9 Å². The van der Waals surface area contributed by atoms with Crippen LogP contribution in [0.25, 0.3) is 0 Å². The topological polar surface area (TPSA) is 123 Å². The molecule has 0 bridgehead atoms. The molecule has 0 aliphatic carbocycles. The van der Waals surface area contributed by atoms with Crippen LogP contribution < -0.4 is 5.73 Å². The number of carbonyl (C=O) groups excluding carboxylic acids is 2. The fourth-order valence-electron chi connectivity index (χ4n) is 2.61. The summed E-state index contributed by atoms with van der Waals surface area (Å²) in [5.41, 5.74) is 6.07. The highest BCUT2D eigenvalue weighted by atomic mass is 32.2. The minimum atomic E-state index is -3.82. The van der Waals surface area contributed by atoms with Gasteiger partial charge in [0.05, 0.1) is 10.5 Å². The van der Waals surface area contributed by atoms with Gasteiger partial charge >= 0.3 is 0 Å². The van der Waals surface area contributed by atoms with Crippen molar-refractivity contribution in [2.45, 2.75) is 22.4 Å². The molecule has 134 valence electrons. The van der Waals surface area contributed by atoms with E-state index in [1.54, 1.807) is 18.2 Å². The second-order valence-electron chi connectivity index (χ2n) is 5.56. The largest absolute Gasteiger partial charge is 0.366 e. The van der Waals surface area contributed by atoms with Crippen LogP contribution >= 0.6 is 11.3 Å². The number of nitrogens with one attached hydrogen (secondary N) is 1. The molecule has 0 unspecified atom stereocenters. The molecule has 0 spiro atoms. The molecule has 0 atom stereocenters. The summed E-state index contributed by atoms with van der Waals surface area (Å²) in [6.45, 7) is 1.52. The summed E-state index contributed by atoms with van der Waals surface area (Å²) in [4.78, 5) is 24.7. The molecule has 0 aliphatic rings. The van der Waals surface area contributed by atoms with Crippen LogP contribution in [0.2, 0.25) is 0 Å². The van der Waals surface area contributed by atoms with E-state index in [9.17, 15) is 18.0 Å². The lowest BCUT2D eigenvalue weighted by molar-refractivity contribution is 0.0988. The van der Waals surface area contributed by atoms with Crippen LogP contribution in [-0.4, -0.2) is 30.3 Å². The quantitative estimate of drug-likeness (QED) is 0.625. The van der Waals surface area contributed by atoms with E-state index in [1.807, 2.05) is 0 Å². The molecule has 1 amide bonds. The first-order valence-corrected chi connectivity index (χ1v) is 9.87. The Morgan fingerprint density at radius 1 is 1.19 bits per heavy atom. The van der Waals surface area contributed by atoms with E-state index in [0.29, 0.717) is 4.88 Å². The zero-order chi connectivity index (χ0) is 18.9. The van der Waals surface area contributed by atoms with Crippen LogP contribution in [0.3, 0.4) is 0 Å². The van der Waals surface area contributed by atoms with Crippen LogP contribution in [0.4, 0.5) is 0 Å². The number of nitrogens with two attached hydrogens (primary N) is 1. The number of hydrogen-bond acceptors (Lipinski definition) is 6. The molecule has 0 saturated carbocycles. The summed E-state index contributed by atoms with van der Waals surface area (Å²) in [5.74, 6) is -1.07. The molecule has 0 aliphatic heterocycles. The first kappa shape index (κ1) is 18.0. The molecule has 0 radical (unpaired) electrons. The van der Waals surface area contributed by atoms with E-state index < -0.39 is 15.7 Å². The maximum atomic E-state index is 12.9. The van der Waals surface area contributed by atoms with E-state index in [2.05, 4.69) is 10.2 Å². The van der Waals surface area contributed by atoms with Gasteiger partial charge in [-0.1, -0.05) is 18.2 Å². The summed E-state index contributed by atoms with van der Waals surface area (Å²) >= 11 is 0.898. The number of nitrogens with zero attached hydrogens (tertiary/aromatic N) is 1. The average molecular weight is 389 g/mol. The van der Waals surface area contributed by atoms with Crippen molar-refractivity contribution in [3.05, 3.63) is 64.3 Å². The number of H-pyrrole nitrogens is 1. The lowest BCUT2D eigenvalue weighted by Gasteiger charge is -2.03. The van der Waals surface area contributed by atoms with Crippen molar-refractivity contribution < 1.29 is 18.0 Å². The predicted octanol–water partition coefficient (Wildman–Crippen LogP) is 2.14. The van der Waals surface area contributed by atoms with Gasteiger partial charge in [-0.05, 0) is 30.7 Å². The van der Waals surface area contributed by atoms with Gasteiger partial charge in [-0.3, -0.25) is 14.7 Å². The van der Waals surface area contributed by atoms with E-state index in [1.165, 1.54) is 31.3 Å². The van der Waals surface area contributed by atoms with Crippen LogP contribution in [0.15, 0.2) is 51.7 Å². The molecule has 9 heteroatoms. The lowest BCUT2D eigenvalue weighted by atomic mass is 10.1. The summed E-state index contributed by atoms with van der Waals surface area (Å²) in [7, 11) is -3.82. The molecule has 7 nitrogen and oxygen atoms in total. The normalized spacial score (nSPS) is 11.4. The standard InChI is InChI=1S/C17H15N3O4S2/c1-10-15(16(18)22)14(9-13(21)12-7-8-19-20-12)25-17(10)26(23,24)11-5-3-2-4-6-11/h2-8H,9H2,1H3,(H2,18,22)(H,19,20). The third-order valence-electron chi connectivity index (χ3n) is 3.84. The molecule has 3 rings (SSSR count). The summed E-state index contributed by atoms with van der Waals surface area (Å²) < 4.78 is 25.8. The van der Waals surface area contributed by atoms with E-state index in [-0.39, 0.29) is 38.1 Å². The van der Waals surface area contributed by atoms with Gasteiger partial charge in [0, 0.05) is 17.5 Å². The Balaban J connectivity index is 2.09. The van der Waals surface area contributed by atoms with Gasteiger partial charge in [-0.15, -0.1) is 11.3 Å². The number of hydrogen-bond donors (Lipinski definition) is 2. The second-order valence-corrected chi connectivity index (χ2v) is 8.81. The van der Waals surface area contributed by atoms with Crippen molar-refractivity contribution in [3.8, 4) is 0 Å². The number of aromatic nitrogens is 2. The van der Waals surface area contributed by atoms with Gasteiger partial charge in [-0.2, -0.15) is 5.10 Å². The van der Waals surface area contributed by atoms with Crippen LogP contribution in [0, 0.1) is 6.92 Å². The highest BCUT2D eigenvalue weighted by Gasteiger charge is 2.29. The van der Waals surface area contributed by atoms with Crippen molar-refractivity contribution in [2.24, 2.45) is 5.73 Å². The van der Waals surface area contributed by atoms with Gasteiger partial charge in [-0.25, -0.2) is 8.42 Å².